The van der Waals surface area contributed by atoms with Crippen molar-refractivity contribution in [3.8, 4) is 0 Å². The molecule has 0 aliphatic heterocycles. The van der Waals surface area contributed by atoms with Crippen molar-refractivity contribution in [1.82, 2.24) is 5.32 Å². The van der Waals surface area contributed by atoms with E-state index in [1.165, 1.54) is 6.54 Å². The molecule has 1 amide bonds. The summed E-state index contributed by atoms with van der Waals surface area (Å²) in [5.74, 6) is 0. The van der Waals surface area contributed by atoms with Gasteiger partial charge in [0.15, 0.2) is 0 Å². The van der Waals surface area contributed by atoms with Crippen molar-refractivity contribution in [3.63, 3.8) is 0 Å². The van der Waals surface area contributed by atoms with Gasteiger partial charge < -0.3 is 20.3 Å². The van der Waals surface area contributed by atoms with Crippen LogP contribution in [-0.2, 0) is 4.74 Å². The first kappa shape index (κ1) is 11.2. The molecule has 0 aliphatic carbocycles. The number of amides is 1. The van der Waals surface area contributed by atoms with Crippen LogP contribution in [0.5, 0.6) is 0 Å². The molecule has 0 rings (SSSR count). The van der Waals surface area contributed by atoms with E-state index in [0.717, 1.165) is 0 Å². The highest BCUT2D eigenvalue weighted by molar-refractivity contribution is 5.67. The Kier molecular flexibility index (Phi) is 6.41. The quantitative estimate of drug-likeness (QED) is 0.534. The van der Waals surface area contributed by atoms with E-state index in [-0.39, 0.29) is 6.61 Å². The molecule has 0 aromatic carbocycles. The zero-order valence-corrected chi connectivity index (χ0v) is 6.99. The van der Waals surface area contributed by atoms with E-state index in [1.54, 1.807) is 0 Å². The van der Waals surface area contributed by atoms with Crippen LogP contribution in [0.2, 0.25) is 0 Å². The predicted molar refractivity (Wildman–Crippen MR) is 42.2 cm³/mol. The average Bonchev–Trinajstić information content (AvgIpc) is 2.10. The number of alkyl carbamates (subject to hydrolysis) is 1. The molecule has 0 saturated carbocycles. The standard InChI is InChI=1S/C7H14NO4/c1-2-3-8-7(11)12-5-6(10)4-9/h3,6,9-10H,2,4-5H2,1H3,(H,8,11). The predicted octanol–water partition coefficient (Wildman–Crippen LogP) is -0.362. The van der Waals surface area contributed by atoms with Crippen molar-refractivity contribution in [1.29, 1.82) is 0 Å². The molecule has 0 saturated heterocycles. The minimum absolute atomic E-state index is 0.195. The smallest absolute Gasteiger partial charge is 0.407 e. The van der Waals surface area contributed by atoms with Gasteiger partial charge in [-0.25, -0.2) is 4.79 Å². The third kappa shape index (κ3) is 5.94. The number of carbonyl (C=O) groups is 1. The van der Waals surface area contributed by atoms with Crippen LogP contribution in [0.25, 0.3) is 0 Å². The van der Waals surface area contributed by atoms with Crippen molar-refractivity contribution in [2.45, 2.75) is 19.4 Å². The van der Waals surface area contributed by atoms with Crippen LogP contribution < -0.4 is 5.32 Å². The number of nitrogens with one attached hydrogen (secondary N) is 1. The first-order chi connectivity index (χ1) is 5.70. The molecular formula is C7H14NO4. The zero-order valence-electron chi connectivity index (χ0n) is 6.99. The Bertz CT molecular complexity index is 129. The number of hydrogen-bond acceptors (Lipinski definition) is 4. The first-order valence-electron chi connectivity index (χ1n) is 3.74. The number of ether oxygens (including phenoxy) is 1. The molecular weight excluding hydrogens is 162 g/mol. The summed E-state index contributed by atoms with van der Waals surface area (Å²) in [5.41, 5.74) is 0. The van der Waals surface area contributed by atoms with Gasteiger partial charge >= 0.3 is 6.09 Å². The molecule has 12 heavy (non-hydrogen) atoms. The van der Waals surface area contributed by atoms with Gasteiger partial charge in [-0.05, 0) is 6.42 Å². The maximum absolute atomic E-state index is 10.7. The number of carbonyl (C=O) groups excluding carboxylic acids is 1. The van der Waals surface area contributed by atoms with Crippen molar-refractivity contribution in [3.05, 3.63) is 6.54 Å². The highest BCUT2D eigenvalue weighted by Crippen LogP contribution is 1.86. The second kappa shape index (κ2) is 6.87. The highest BCUT2D eigenvalue weighted by atomic mass is 16.6. The van der Waals surface area contributed by atoms with E-state index < -0.39 is 18.8 Å². The molecule has 0 spiro atoms. The van der Waals surface area contributed by atoms with E-state index in [1.807, 2.05) is 6.92 Å². The van der Waals surface area contributed by atoms with Crippen molar-refractivity contribution >= 4 is 6.09 Å². The fourth-order valence-corrected chi connectivity index (χ4v) is 0.452. The van der Waals surface area contributed by atoms with Gasteiger partial charge in [0.1, 0.15) is 12.7 Å². The summed E-state index contributed by atoms with van der Waals surface area (Å²) >= 11 is 0. The largest absolute Gasteiger partial charge is 0.447 e. The van der Waals surface area contributed by atoms with E-state index >= 15 is 0 Å². The van der Waals surface area contributed by atoms with Crippen LogP contribution in [0, 0.1) is 6.54 Å². The van der Waals surface area contributed by atoms with Crippen LogP contribution in [-0.4, -0.2) is 35.6 Å². The Morgan fingerprint density at radius 3 is 2.92 bits per heavy atom. The third-order valence-corrected chi connectivity index (χ3v) is 1.04. The normalized spacial score (nSPS) is 12.2. The Hall–Kier alpha value is -0.810. The van der Waals surface area contributed by atoms with Gasteiger partial charge in [0.25, 0.3) is 0 Å². The summed E-state index contributed by atoms with van der Waals surface area (Å²) in [6.45, 7) is 2.79. The van der Waals surface area contributed by atoms with Gasteiger partial charge in [-0.1, -0.05) is 6.92 Å². The summed E-state index contributed by atoms with van der Waals surface area (Å²) < 4.78 is 4.51. The molecule has 0 aromatic heterocycles. The zero-order chi connectivity index (χ0) is 9.40. The molecule has 1 atom stereocenters. The van der Waals surface area contributed by atoms with Crippen molar-refractivity contribution < 1.29 is 19.7 Å². The van der Waals surface area contributed by atoms with Gasteiger partial charge in [-0.2, -0.15) is 0 Å². The number of aliphatic hydroxyl groups is 2. The monoisotopic (exact) mass is 176 g/mol. The van der Waals surface area contributed by atoms with Gasteiger partial charge in [-0.3, -0.25) is 0 Å². The molecule has 0 fully saturated rings. The van der Waals surface area contributed by atoms with Crippen molar-refractivity contribution in [2.24, 2.45) is 0 Å². The Morgan fingerprint density at radius 2 is 2.42 bits per heavy atom. The number of hydrogen-bond donors (Lipinski definition) is 3. The Balaban J connectivity index is 3.31. The lowest BCUT2D eigenvalue weighted by Gasteiger charge is -2.08. The number of rotatable bonds is 5. The Labute approximate surface area is 71.3 Å². The lowest BCUT2D eigenvalue weighted by Crippen LogP contribution is -2.27. The SMILES string of the molecule is CC[CH]NC(=O)OCC(O)CO. The molecule has 71 valence electrons. The molecule has 5 heteroatoms. The lowest BCUT2D eigenvalue weighted by molar-refractivity contribution is 0.0327. The second-order valence-electron chi connectivity index (χ2n) is 2.19. The van der Waals surface area contributed by atoms with Crippen LogP contribution in [0.4, 0.5) is 4.79 Å². The molecule has 0 aliphatic rings. The van der Waals surface area contributed by atoms with E-state index in [2.05, 4.69) is 10.1 Å². The van der Waals surface area contributed by atoms with Gasteiger partial charge in [-0.15, -0.1) is 0 Å². The van der Waals surface area contributed by atoms with Gasteiger partial charge in [0, 0.05) is 0 Å². The Morgan fingerprint density at radius 1 is 1.75 bits per heavy atom. The molecule has 0 heterocycles. The fourth-order valence-electron chi connectivity index (χ4n) is 0.452. The molecule has 1 unspecified atom stereocenters. The van der Waals surface area contributed by atoms with Crippen LogP contribution >= 0.6 is 0 Å². The molecule has 5 nitrogen and oxygen atoms in total. The summed E-state index contributed by atoms with van der Waals surface area (Å²) in [6, 6.07) is 0. The number of aliphatic hydroxyl groups excluding tert-OH is 2. The average molecular weight is 176 g/mol. The lowest BCUT2D eigenvalue weighted by atomic mass is 10.4. The topological polar surface area (TPSA) is 78.8 Å². The molecule has 1 radical (unpaired) electrons. The fraction of sp³-hybridized carbons (Fsp3) is 0.714. The molecule has 0 bridgehead atoms. The van der Waals surface area contributed by atoms with Gasteiger partial charge in [0.05, 0.1) is 13.2 Å². The first-order valence-corrected chi connectivity index (χ1v) is 3.74. The maximum Gasteiger partial charge on any atom is 0.407 e. The van der Waals surface area contributed by atoms with Gasteiger partial charge in [0.2, 0.25) is 0 Å². The summed E-state index contributed by atoms with van der Waals surface area (Å²) in [5, 5.41) is 19.5. The van der Waals surface area contributed by atoms with Crippen molar-refractivity contribution in [2.75, 3.05) is 13.2 Å². The summed E-state index contributed by atoms with van der Waals surface area (Å²) in [6.07, 6.45) is -0.917. The summed E-state index contributed by atoms with van der Waals surface area (Å²) in [4.78, 5) is 10.7. The van der Waals surface area contributed by atoms with Crippen LogP contribution in [0.1, 0.15) is 13.3 Å². The highest BCUT2D eigenvalue weighted by Gasteiger charge is 2.05. The van der Waals surface area contributed by atoms with E-state index in [0.29, 0.717) is 6.42 Å². The van der Waals surface area contributed by atoms with E-state index in [4.69, 9.17) is 10.2 Å². The summed E-state index contributed by atoms with van der Waals surface area (Å²) in [7, 11) is 0. The van der Waals surface area contributed by atoms with Crippen LogP contribution in [0.15, 0.2) is 0 Å². The minimum Gasteiger partial charge on any atom is -0.447 e. The molecule has 0 aromatic rings. The second-order valence-corrected chi connectivity index (χ2v) is 2.19. The van der Waals surface area contributed by atoms with E-state index in [9.17, 15) is 4.79 Å². The maximum atomic E-state index is 10.7. The minimum atomic E-state index is -1.00. The molecule has 3 N–H and O–H groups in total. The third-order valence-electron chi connectivity index (χ3n) is 1.04. The van der Waals surface area contributed by atoms with Crippen LogP contribution in [0.3, 0.4) is 0 Å².